The fraction of sp³-hybridized carbons (Fsp3) is 0.200. The maximum atomic E-state index is 6.03. The van der Waals surface area contributed by atoms with Gasteiger partial charge < -0.3 is 0 Å². The SMILES string of the molecule is Cc1ccsc1C(Br)c1cc(Br)c(Cl)s1. The first-order chi connectivity index (χ1) is 7.09. The number of thiophene rings is 2. The smallest absolute Gasteiger partial charge is 0.107 e. The van der Waals surface area contributed by atoms with Crippen LogP contribution in [0.25, 0.3) is 0 Å². The van der Waals surface area contributed by atoms with Gasteiger partial charge in [-0.15, -0.1) is 22.7 Å². The van der Waals surface area contributed by atoms with Gasteiger partial charge in [-0.05, 0) is 45.9 Å². The van der Waals surface area contributed by atoms with E-state index < -0.39 is 0 Å². The molecule has 0 aromatic carbocycles. The summed E-state index contributed by atoms with van der Waals surface area (Å²) in [7, 11) is 0. The van der Waals surface area contributed by atoms with Crippen LogP contribution in [-0.4, -0.2) is 0 Å². The van der Waals surface area contributed by atoms with E-state index in [0.717, 1.165) is 8.81 Å². The Kier molecular flexibility index (Phi) is 3.94. The summed E-state index contributed by atoms with van der Waals surface area (Å²) in [6.45, 7) is 2.13. The molecule has 80 valence electrons. The lowest BCUT2D eigenvalue weighted by Crippen LogP contribution is -1.87. The molecule has 5 heteroatoms. The number of halogens is 3. The van der Waals surface area contributed by atoms with Crippen LogP contribution in [0.1, 0.15) is 20.1 Å². The van der Waals surface area contributed by atoms with Gasteiger partial charge in [-0.3, -0.25) is 0 Å². The maximum absolute atomic E-state index is 6.03. The van der Waals surface area contributed by atoms with E-state index in [1.165, 1.54) is 15.3 Å². The minimum atomic E-state index is 0.256. The zero-order valence-corrected chi connectivity index (χ0v) is 13.3. The molecule has 0 aliphatic rings. The summed E-state index contributed by atoms with van der Waals surface area (Å²) in [6, 6.07) is 4.21. The van der Waals surface area contributed by atoms with Crippen molar-refractivity contribution in [1.82, 2.24) is 0 Å². The molecule has 0 saturated carbocycles. The molecule has 0 aliphatic heterocycles. The van der Waals surface area contributed by atoms with Gasteiger partial charge in [0, 0.05) is 14.2 Å². The van der Waals surface area contributed by atoms with Crippen LogP contribution in [0.15, 0.2) is 22.0 Å². The number of aryl methyl sites for hydroxylation is 1. The highest BCUT2D eigenvalue weighted by atomic mass is 79.9. The van der Waals surface area contributed by atoms with Crippen LogP contribution in [0.5, 0.6) is 0 Å². The van der Waals surface area contributed by atoms with Gasteiger partial charge in [0.25, 0.3) is 0 Å². The maximum Gasteiger partial charge on any atom is 0.107 e. The third-order valence-electron chi connectivity index (χ3n) is 2.05. The average molecular weight is 387 g/mol. The van der Waals surface area contributed by atoms with Gasteiger partial charge in [-0.1, -0.05) is 27.5 Å². The molecule has 0 fully saturated rings. The average Bonchev–Trinajstić information content (AvgIpc) is 2.74. The minimum Gasteiger partial charge on any atom is -0.147 e. The van der Waals surface area contributed by atoms with E-state index in [-0.39, 0.29) is 4.83 Å². The highest BCUT2D eigenvalue weighted by Gasteiger charge is 2.17. The summed E-state index contributed by atoms with van der Waals surface area (Å²) in [5.41, 5.74) is 1.32. The van der Waals surface area contributed by atoms with E-state index in [1.807, 2.05) is 0 Å². The number of rotatable bonds is 2. The molecule has 0 nitrogen and oxygen atoms in total. The number of alkyl halides is 1. The van der Waals surface area contributed by atoms with Crippen LogP contribution in [0.4, 0.5) is 0 Å². The zero-order valence-electron chi connectivity index (χ0n) is 7.76. The Hall–Kier alpha value is 0.650. The summed E-state index contributed by atoms with van der Waals surface area (Å²) >= 11 is 16.5. The summed E-state index contributed by atoms with van der Waals surface area (Å²) in [6.07, 6.45) is 0. The summed E-state index contributed by atoms with van der Waals surface area (Å²) < 4.78 is 1.78. The van der Waals surface area contributed by atoms with Crippen molar-refractivity contribution in [2.75, 3.05) is 0 Å². The predicted octanol–water partition coefficient (Wildman–Crippen LogP) is 6.02. The Morgan fingerprint density at radius 3 is 2.67 bits per heavy atom. The fourth-order valence-corrected chi connectivity index (χ4v) is 5.08. The monoisotopic (exact) mass is 384 g/mol. The summed E-state index contributed by atoms with van der Waals surface area (Å²) in [5.74, 6) is 0. The van der Waals surface area contributed by atoms with E-state index >= 15 is 0 Å². The van der Waals surface area contributed by atoms with Gasteiger partial charge in [-0.2, -0.15) is 0 Å². The standard InChI is InChI=1S/C10H7Br2ClS2/c1-5-2-3-14-9(5)8(12)7-4-6(11)10(13)15-7/h2-4,8H,1H3. The topological polar surface area (TPSA) is 0 Å². The van der Waals surface area contributed by atoms with Gasteiger partial charge in [0.2, 0.25) is 0 Å². The van der Waals surface area contributed by atoms with Crippen LogP contribution in [0.2, 0.25) is 4.34 Å². The molecule has 0 radical (unpaired) electrons. The van der Waals surface area contributed by atoms with Gasteiger partial charge in [-0.25, -0.2) is 0 Å². The molecule has 0 amide bonds. The lowest BCUT2D eigenvalue weighted by atomic mass is 10.2. The molecule has 0 aliphatic carbocycles. The van der Waals surface area contributed by atoms with Crippen molar-refractivity contribution in [3.8, 4) is 0 Å². The van der Waals surface area contributed by atoms with Crippen molar-refractivity contribution in [1.29, 1.82) is 0 Å². The Morgan fingerprint density at radius 2 is 2.20 bits per heavy atom. The van der Waals surface area contributed by atoms with Crippen LogP contribution >= 0.6 is 66.1 Å². The van der Waals surface area contributed by atoms with Crippen molar-refractivity contribution in [2.24, 2.45) is 0 Å². The Morgan fingerprint density at radius 1 is 1.47 bits per heavy atom. The molecule has 0 spiro atoms. The van der Waals surface area contributed by atoms with E-state index in [1.54, 1.807) is 22.7 Å². The lowest BCUT2D eigenvalue weighted by Gasteiger charge is -2.05. The molecule has 0 bridgehead atoms. The van der Waals surface area contributed by atoms with Crippen LogP contribution in [-0.2, 0) is 0 Å². The Bertz CT molecular complexity index is 456. The summed E-state index contributed by atoms with van der Waals surface area (Å²) in [5, 5.41) is 2.11. The first-order valence-corrected chi connectivity index (χ1v) is 8.00. The number of hydrogen-bond donors (Lipinski definition) is 0. The van der Waals surface area contributed by atoms with E-state index in [4.69, 9.17) is 11.6 Å². The third-order valence-corrected chi connectivity index (χ3v) is 7.23. The summed E-state index contributed by atoms with van der Waals surface area (Å²) in [4.78, 5) is 2.84. The van der Waals surface area contributed by atoms with E-state index in [9.17, 15) is 0 Å². The number of hydrogen-bond acceptors (Lipinski definition) is 2. The predicted molar refractivity (Wildman–Crippen MR) is 76.9 cm³/mol. The molecule has 2 heterocycles. The third kappa shape index (κ3) is 2.50. The van der Waals surface area contributed by atoms with Gasteiger partial charge >= 0.3 is 0 Å². The second-order valence-electron chi connectivity index (χ2n) is 3.10. The van der Waals surface area contributed by atoms with Crippen LogP contribution < -0.4 is 0 Å². The first kappa shape index (κ1) is 12.1. The highest BCUT2D eigenvalue weighted by molar-refractivity contribution is 9.10. The largest absolute Gasteiger partial charge is 0.147 e. The lowest BCUT2D eigenvalue weighted by molar-refractivity contribution is 1.24. The van der Waals surface area contributed by atoms with Crippen molar-refractivity contribution in [3.63, 3.8) is 0 Å². The van der Waals surface area contributed by atoms with Crippen molar-refractivity contribution >= 4 is 66.1 Å². The molecule has 1 unspecified atom stereocenters. The molecule has 15 heavy (non-hydrogen) atoms. The molecular formula is C10H7Br2ClS2. The van der Waals surface area contributed by atoms with Crippen molar-refractivity contribution < 1.29 is 0 Å². The molecular weight excluding hydrogens is 380 g/mol. The highest BCUT2D eigenvalue weighted by Crippen LogP contribution is 2.43. The van der Waals surface area contributed by atoms with Crippen LogP contribution in [0, 0.1) is 6.92 Å². The molecule has 2 aromatic rings. The van der Waals surface area contributed by atoms with Gasteiger partial charge in [0.15, 0.2) is 0 Å². The van der Waals surface area contributed by atoms with Crippen molar-refractivity contribution in [2.45, 2.75) is 11.8 Å². The zero-order chi connectivity index (χ0) is 11.0. The van der Waals surface area contributed by atoms with Crippen LogP contribution in [0.3, 0.4) is 0 Å². The first-order valence-electron chi connectivity index (χ1n) is 4.22. The van der Waals surface area contributed by atoms with Gasteiger partial charge in [0.05, 0.1) is 4.83 Å². The normalized spacial score (nSPS) is 13.1. The molecule has 2 rings (SSSR count). The Balaban J connectivity index is 2.36. The molecule has 1 atom stereocenters. The van der Waals surface area contributed by atoms with Crippen molar-refractivity contribution in [3.05, 3.63) is 41.6 Å². The fourth-order valence-electron chi connectivity index (χ4n) is 1.26. The molecule has 0 N–H and O–H groups in total. The molecule has 2 aromatic heterocycles. The molecule has 0 saturated heterocycles. The Labute approximate surface area is 119 Å². The quantitative estimate of drug-likeness (QED) is 0.554. The minimum absolute atomic E-state index is 0.256. The second-order valence-corrected chi connectivity index (χ2v) is 7.50. The second kappa shape index (κ2) is 4.88. The van der Waals surface area contributed by atoms with Gasteiger partial charge in [0.1, 0.15) is 4.34 Å². The van der Waals surface area contributed by atoms with E-state index in [0.29, 0.717) is 0 Å². The van der Waals surface area contributed by atoms with E-state index in [2.05, 4.69) is 56.3 Å².